The summed E-state index contributed by atoms with van der Waals surface area (Å²) in [4.78, 5) is 28.2. The molecule has 1 aromatic rings. The fourth-order valence-corrected chi connectivity index (χ4v) is 4.00. The van der Waals surface area contributed by atoms with Gasteiger partial charge in [0, 0.05) is 18.7 Å². The number of hydrogen-bond acceptors (Lipinski definition) is 3. The van der Waals surface area contributed by atoms with Crippen molar-refractivity contribution in [3.63, 3.8) is 0 Å². The van der Waals surface area contributed by atoms with Gasteiger partial charge in [-0.25, -0.2) is 0 Å². The Morgan fingerprint density at radius 1 is 1.08 bits per heavy atom. The van der Waals surface area contributed by atoms with Gasteiger partial charge in [0.1, 0.15) is 0 Å². The van der Waals surface area contributed by atoms with Crippen LogP contribution in [0.3, 0.4) is 0 Å². The predicted octanol–water partition coefficient (Wildman–Crippen LogP) is 2.05. The number of primary amides is 1. The summed E-state index contributed by atoms with van der Waals surface area (Å²) < 4.78 is 0. The molecule has 25 heavy (non-hydrogen) atoms. The minimum atomic E-state index is -0.387. The SMILES string of the molecule is NC(=O)c1cccc(C[C@H]2CCN(C(=O)CN3CCCCCC3)C2)c1. The molecule has 136 valence electrons. The van der Waals surface area contributed by atoms with Crippen molar-refractivity contribution in [1.29, 1.82) is 0 Å². The summed E-state index contributed by atoms with van der Waals surface area (Å²) in [6.45, 7) is 4.37. The van der Waals surface area contributed by atoms with Crippen LogP contribution in [0.15, 0.2) is 24.3 Å². The molecule has 1 aromatic carbocycles. The number of amides is 2. The van der Waals surface area contributed by atoms with Gasteiger partial charge in [0.2, 0.25) is 11.8 Å². The molecule has 0 saturated carbocycles. The van der Waals surface area contributed by atoms with Crippen molar-refractivity contribution in [2.24, 2.45) is 11.7 Å². The van der Waals surface area contributed by atoms with Gasteiger partial charge < -0.3 is 10.6 Å². The van der Waals surface area contributed by atoms with Gasteiger partial charge in [-0.3, -0.25) is 14.5 Å². The van der Waals surface area contributed by atoms with Gasteiger partial charge in [-0.15, -0.1) is 0 Å². The number of nitrogens with zero attached hydrogens (tertiary/aromatic N) is 2. The lowest BCUT2D eigenvalue weighted by molar-refractivity contribution is -0.131. The number of hydrogen-bond donors (Lipinski definition) is 1. The first kappa shape index (κ1) is 17.9. The van der Waals surface area contributed by atoms with Crippen LogP contribution in [0.2, 0.25) is 0 Å². The van der Waals surface area contributed by atoms with E-state index < -0.39 is 0 Å². The van der Waals surface area contributed by atoms with E-state index in [0.29, 0.717) is 18.0 Å². The largest absolute Gasteiger partial charge is 0.366 e. The Balaban J connectivity index is 1.50. The Morgan fingerprint density at radius 3 is 2.56 bits per heavy atom. The number of carbonyl (C=O) groups is 2. The predicted molar refractivity (Wildman–Crippen MR) is 98.3 cm³/mol. The smallest absolute Gasteiger partial charge is 0.248 e. The van der Waals surface area contributed by atoms with Gasteiger partial charge in [0.15, 0.2) is 0 Å². The molecule has 2 saturated heterocycles. The molecule has 0 spiro atoms. The van der Waals surface area contributed by atoms with Crippen molar-refractivity contribution in [3.8, 4) is 0 Å². The molecule has 0 aliphatic carbocycles. The maximum Gasteiger partial charge on any atom is 0.248 e. The van der Waals surface area contributed by atoms with Crippen LogP contribution in [0, 0.1) is 5.92 Å². The molecule has 5 heteroatoms. The topological polar surface area (TPSA) is 66.6 Å². The highest BCUT2D eigenvalue weighted by Gasteiger charge is 2.27. The Morgan fingerprint density at radius 2 is 1.84 bits per heavy atom. The standard InChI is InChI=1S/C20H29N3O2/c21-20(25)18-7-5-6-16(13-18)12-17-8-11-23(14-17)19(24)15-22-9-3-1-2-4-10-22/h5-7,13,17H,1-4,8-12,14-15H2,(H2,21,25)/t17-/m1/s1. The molecule has 2 fully saturated rings. The average Bonchev–Trinajstić information content (AvgIpc) is 2.91. The zero-order valence-electron chi connectivity index (χ0n) is 15.0. The summed E-state index contributed by atoms with van der Waals surface area (Å²) in [7, 11) is 0. The maximum atomic E-state index is 12.6. The zero-order valence-corrected chi connectivity index (χ0v) is 15.0. The molecule has 3 rings (SSSR count). The first-order valence-electron chi connectivity index (χ1n) is 9.50. The zero-order chi connectivity index (χ0) is 17.6. The number of carbonyl (C=O) groups excluding carboxylic acids is 2. The summed E-state index contributed by atoms with van der Waals surface area (Å²) >= 11 is 0. The molecule has 1 atom stereocenters. The number of nitrogens with two attached hydrogens (primary N) is 1. The minimum Gasteiger partial charge on any atom is -0.366 e. The van der Waals surface area contributed by atoms with Crippen LogP contribution in [0.25, 0.3) is 0 Å². The van der Waals surface area contributed by atoms with E-state index in [9.17, 15) is 9.59 Å². The quantitative estimate of drug-likeness (QED) is 0.890. The van der Waals surface area contributed by atoms with Crippen molar-refractivity contribution < 1.29 is 9.59 Å². The lowest BCUT2D eigenvalue weighted by Gasteiger charge is -2.23. The lowest BCUT2D eigenvalue weighted by atomic mass is 9.97. The summed E-state index contributed by atoms with van der Waals surface area (Å²) in [6, 6.07) is 7.54. The minimum absolute atomic E-state index is 0.273. The third kappa shape index (κ3) is 5.05. The van der Waals surface area contributed by atoms with E-state index in [1.807, 2.05) is 23.1 Å². The Labute approximate surface area is 150 Å². The number of benzene rings is 1. The second-order valence-corrected chi connectivity index (χ2v) is 7.45. The molecule has 2 amide bonds. The highest BCUT2D eigenvalue weighted by Crippen LogP contribution is 2.22. The Hall–Kier alpha value is -1.88. The second-order valence-electron chi connectivity index (χ2n) is 7.45. The van der Waals surface area contributed by atoms with Crippen LogP contribution >= 0.6 is 0 Å². The fourth-order valence-electron chi connectivity index (χ4n) is 4.00. The molecule has 0 bridgehead atoms. The van der Waals surface area contributed by atoms with E-state index in [1.165, 1.54) is 25.7 Å². The molecular formula is C20H29N3O2. The van der Waals surface area contributed by atoms with Crippen molar-refractivity contribution in [2.75, 3.05) is 32.7 Å². The van der Waals surface area contributed by atoms with Gasteiger partial charge in [-0.2, -0.15) is 0 Å². The van der Waals surface area contributed by atoms with Crippen LogP contribution in [-0.2, 0) is 11.2 Å². The molecule has 2 heterocycles. The van der Waals surface area contributed by atoms with E-state index >= 15 is 0 Å². The lowest BCUT2D eigenvalue weighted by Crippen LogP contribution is -2.39. The van der Waals surface area contributed by atoms with Crippen LogP contribution in [0.1, 0.15) is 48.0 Å². The van der Waals surface area contributed by atoms with E-state index in [2.05, 4.69) is 4.90 Å². The van der Waals surface area contributed by atoms with Crippen LogP contribution in [0.4, 0.5) is 0 Å². The molecule has 0 radical (unpaired) electrons. The van der Waals surface area contributed by atoms with E-state index in [-0.39, 0.29) is 11.8 Å². The van der Waals surface area contributed by atoms with Gasteiger partial charge in [0.25, 0.3) is 0 Å². The van der Waals surface area contributed by atoms with Gasteiger partial charge in [0.05, 0.1) is 6.54 Å². The summed E-state index contributed by atoms with van der Waals surface area (Å²) in [5.74, 6) is 0.356. The third-order valence-corrected chi connectivity index (χ3v) is 5.43. The number of rotatable bonds is 5. The molecule has 5 nitrogen and oxygen atoms in total. The highest BCUT2D eigenvalue weighted by atomic mass is 16.2. The molecule has 2 aliphatic rings. The first-order valence-corrected chi connectivity index (χ1v) is 9.50. The van der Waals surface area contributed by atoms with Crippen molar-refractivity contribution in [1.82, 2.24) is 9.80 Å². The highest BCUT2D eigenvalue weighted by molar-refractivity contribution is 5.92. The van der Waals surface area contributed by atoms with Crippen molar-refractivity contribution >= 4 is 11.8 Å². The van der Waals surface area contributed by atoms with E-state index in [1.54, 1.807) is 6.07 Å². The average molecular weight is 343 g/mol. The summed E-state index contributed by atoms with van der Waals surface area (Å²) in [5, 5.41) is 0. The van der Waals surface area contributed by atoms with Crippen molar-refractivity contribution in [3.05, 3.63) is 35.4 Å². The monoisotopic (exact) mass is 343 g/mol. The van der Waals surface area contributed by atoms with E-state index in [0.717, 1.165) is 44.6 Å². The number of likely N-dealkylation sites (tertiary alicyclic amines) is 2. The first-order chi connectivity index (χ1) is 12.1. The fraction of sp³-hybridized carbons (Fsp3) is 0.600. The summed E-state index contributed by atoms with van der Waals surface area (Å²) in [6.07, 6.45) is 6.95. The van der Waals surface area contributed by atoms with Crippen molar-refractivity contribution in [2.45, 2.75) is 38.5 Å². The van der Waals surface area contributed by atoms with E-state index in [4.69, 9.17) is 5.73 Å². The molecule has 2 aliphatic heterocycles. The second kappa shape index (κ2) is 8.48. The van der Waals surface area contributed by atoms with Crippen LogP contribution in [0.5, 0.6) is 0 Å². The third-order valence-electron chi connectivity index (χ3n) is 5.43. The van der Waals surface area contributed by atoms with Crippen LogP contribution in [-0.4, -0.2) is 54.3 Å². The molecule has 0 aromatic heterocycles. The van der Waals surface area contributed by atoms with Crippen LogP contribution < -0.4 is 5.73 Å². The Bertz CT molecular complexity index is 609. The molecule has 0 unspecified atom stereocenters. The maximum absolute atomic E-state index is 12.6. The van der Waals surface area contributed by atoms with Gasteiger partial charge in [-0.1, -0.05) is 25.0 Å². The molecule has 2 N–H and O–H groups in total. The normalized spacial score (nSPS) is 21.9. The molecular weight excluding hydrogens is 314 g/mol. The van der Waals surface area contributed by atoms with Gasteiger partial charge >= 0.3 is 0 Å². The Kier molecular flexibility index (Phi) is 6.08. The summed E-state index contributed by atoms with van der Waals surface area (Å²) in [5.41, 5.74) is 7.04. The van der Waals surface area contributed by atoms with Gasteiger partial charge in [-0.05, 0) is 62.4 Å².